The third-order valence-electron chi connectivity index (χ3n) is 0. The predicted molar refractivity (Wildman–Crippen MR) is 18.2 cm³/mol. The molecule has 0 aliphatic carbocycles. The molecular weight excluding hydrogens is 152 g/mol. The summed E-state index contributed by atoms with van der Waals surface area (Å²) < 4.78 is 0. The third-order valence-corrected chi connectivity index (χ3v) is 0. The van der Waals surface area contributed by atoms with Crippen LogP contribution in [0.3, 0.4) is 0 Å². The summed E-state index contributed by atoms with van der Waals surface area (Å²) >= 11 is 0. The summed E-state index contributed by atoms with van der Waals surface area (Å²) in [6.45, 7) is 0. The van der Waals surface area contributed by atoms with E-state index < -0.39 is 7.32 Å². The van der Waals surface area contributed by atoms with E-state index in [0.29, 0.717) is 0 Å². The molecule has 30 valence electrons. The molecule has 0 fully saturated rings. The molecule has 0 aliphatic rings. The van der Waals surface area contributed by atoms with Gasteiger partial charge >= 0.3 is 7.32 Å². The van der Waals surface area contributed by atoms with Gasteiger partial charge in [0.05, 0.1) is 0 Å². The van der Waals surface area contributed by atoms with Crippen LogP contribution in [-0.2, 0) is 19.5 Å². The van der Waals surface area contributed by atoms with Gasteiger partial charge in [-0.05, 0) is 0 Å². The molecule has 0 rings (SSSR count). The minimum atomic E-state index is -2.17. The van der Waals surface area contributed by atoms with Gasteiger partial charge in [-0.3, -0.25) is 0 Å². The minimum absolute atomic E-state index is 0. The molecule has 0 aromatic rings. The summed E-state index contributed by atoms with van der Waals surface area (Å²) in [7, 11) is -2.17. The van der Waals surface area contributed by atoms with Crippen molar-refractivity contribution < 1.29 is 34.6 Å². The summed E-state index contributed by atoms with van der Waals surface area (Å²) in [6, 6.07) is 0. The first-order valence-electron chi connectivity index (χ1n) is 0.775. The van der Waals surface area contributed by atoms with Gasteiger partial charge in [0.25, 0.3) is 0 Å². The molecule has 3 N–H and O–H groups in total. The van der Waals surface area contributed by atoms with Crippen LogP contribution < -0.4 is 0 Å². The summed E-state index contributed by atoms with van der Waals surface area (Å²) in [5.74, 6) is 0. The van der Waals surface area contributed by atoms with E-state index in [4.69, 9.17) is 15.1 Å². The van der Waals surface area contributed by atoms with E-state index in [1.165, 1.54) is 0 Å². The maximum atomic E-state index is 7.17. The van der Waals surface area contributed by atoms with Crippen LogP contribution in [0.4, 0.5) is 0 Å². The van der Waals surface area contributed by atoms with Gasteiger partial charge in [-0.1, -0.05) is 0 Å². The smallest absolute Gasteiger partial charge is 0.402 e. The van der Waals surface area contributed by atoms with Gasteiger partial charge in [-0.15, -0.1) is 0 Å². The Kier molecular flexibility index (Phi) is 24.4. The van der Waals surface area contributed by atoms with Crippen LogP contribution in [0.25, 0.3) is 0 Å². The topological polar surface area (TPSA) is 60.7 Å². The predicted octanol–water partition coefficient (Wildman–Crippen LogP) is -2.44. The van der Waals surface area contributed by atoms with E-state index in [2.05, 4.69) is 0 Å². The average molecular weight is 155 g/mol. The zero-order chi connectivity index (χ0) is 3.58. The molecule has 6 heteroatoms. The molecular formula is H3BO3SiZn. The monoisotopic (exact) mass is 154 g/mol. The Labute approximate surface area is 53.3 Å². The minimum Gasteiger partial charge on any atom is -0.402 e. The summed E-state index contributed by atoms with van der Waals surface area (Å²) in [4.78, 5) is 0. The molecule has 0 saturated heterocycles. The normalized spacial score (nSPS) is 4.50. The SMILES string of the molecule is OB(O)O.[Si].[Zn]. The van der Waals surface area contributed by atoms with E-state index in [1.54, 1.807) is 0 Å². The zero-order valence-corrected chi connectivity index (χ0v) is 7.09. The maximum absolute atomic E-state index is 7.17. The first-order chi connectivity index (χ1) is 1.73. The third kappa shape index (κ3) is 111. The standard InChI is InChI=1S/BH3O3.Si.Zn/c2-1(3)4;;/h2-4H;;. The maximum Gasteiger partial charge on any atom is 0.631 e. The molecule has 0 aromatic heterocycles. The van der Waals surface area contributed by atoms with Gasteiger partial charge < -0.3 is 15.1 Å². The Morgan fingerprint density at radius 2 is 1.00 bits per heavy atom. The van der Waals surface area contributed by atoms with Crippen LogP contribution in [0.15, 0.2) is 0 Å². The zero-order valence-electron chi connectivity index (χ0n) is 3.13. The van der Waals surface area contributed by atoms with Crippen molar-refractivity contribution in [3.63, 3.8) is 0 Å². The fraction of sp³-hybridized carbons (Fsp3) is 0. The first kappa shape index (κ1) is 15.8. The van der Waals surface area contributed by atoms with Crippen molar-refractivity contribution in [1.82, 2.24) is 0 Å². The molecule has 0 spiro atoms. The molecule has 0 bridgehead atoms. The van der Waals surface area contributed by atoms with Crippen molar-refractivity contribution in [2.45, 2.75) is 0 Å². The van der Waals surface area contributed by atoms with Gasteiger partial charge in [0.2, 0.25) is 0 Å². The van der Waals surface area contributed by atoms with Gasteiger partial charge in [-0.25, -0.2) is 0 Å². The Hall–Kier alpha value is 0.785. The van der Waals surface area contributed by atoms with Crippen molar-refractivity contribution in [2.24, 2.45) is 0 Å². The molecule has 0 unspecified atom stereocenters. The van der Waals surface area contributed by atoms with E-state index in [1.807, 2.05) is 0 Å². The van der Waals surface area contributed by atoms with E-state index in [-0.39, 0.29) is 30.4 Å². The van der Waals surface area contributed by atoms with E-state index >= 15 is 0 Å². The summed E-state index contributed by atoms with van der Waals surface area (Å²) in [5, 5.41) is 21.5. The van der Waals surface area contributed by atoms with Gasteiger partial charge in [-0.2, -0.15) is 0 Å². The van der Waals surface area contributed by atoms with Gasteiger partial charge in [0.1, 0.15) is 0 Å². The Balaban J connectivity index is -0.0000000450. The molecule has 3 nitrogen and oxygen atoms in total. The molecule has 0 aliphatic heterocycles. The van der Waals surface area contributed by atoms with E-state index in [0.717, 1.165) is 0 Å². The quantitative estimate of drug-likeness (QED) is 0.341. The summed E-state index contributed by atoms with van der Waals surface area (Å²) in [6.07, 6.45) is 0. The van der Waals surface area contributed by atoms with E-state index in [9.17, 15) is 0 Å². The van der Waals surface area contributed by atoms with Crippen molar-refractivity contribution in [1.29, 1.82) is 0 Å². The summed E-state index contributed by atoms with van der Waals surface area (Å²) in [5.41, 5.74) is 0. The molecule has 0 amide bonds. The molecule has 0 heterocycles. The van der Waals surface area contributed by atoms with Crippen molar-refractivity contribution in [2.75, 3.05) is 0 Å². The Morgan fingerprint density at radius 3 is 1.00 bits per heavy atom. The van der Waals surface area contributed by atoms with Gasteiger partial charge in [0.15, 0.2) is 0 Å². The van der Waals surface area contributed by atoms with Crippen LogP contribution in [0.5, 0.6) is 0 Å². The van der Waals surface area contributed by atoms with Crippen molar-refractivity contribution >= 4 is 18.3 Å². The Bertz CT molecular complexity index is 15.5. The van der Waals surface area contributed by atoms with Crippen LogP contribution in [0.2, 0.25) is 0 Å². The van der Waals surface area contributed by atoms with Crippen LogP contribution in [0.1, 0.15) is 0 Å². The molecule has 6 heavy (non-hydrogen) atoms. The average Bonchev–Trinajstić information content (AvgIpc) is 0.811. The van der Waals surface area contributed by atoms with Crippen LogP contribution in [0, 0.1) is 0 Å². The second-order valence-electron chi connectivity index (χ2n) is 0.346. The fourth-order valence-corrected chi connectivity index (χ4v) is 0. The molecule has 0 aromatic carbocycles. The van der Waals surface area contributed by atoms with Crippen molar-refractivity contribution in [3.8, 4) is 0 Å². The number of rotatable bonds is 0. The Morgan fingerprint density at radius 1 is 1.00 bits per heavy atom. The van der Waals surface area contributed by atoms with Crippen molar-refractivity contribution in [3.05, 3.63) is 0 Å². The first-order valence-corrected chi connectivity index (χ1v) is 0.775. The van der Waals surface area contributed by atoms with Crippen LogP contribution in [-0.4, -0.2) is 33.4 Å². The molecule has 0 saturated carbocycles. The largest absolute Gasteiger partial charge is 0.631 e. The second-order valence-corrected chi connectivity index (χ2v) is 0.346. The molecule has 0 atom stereocenters. The number of hydrogen-bond donors (Lipinski definition) is 3. The van der Waals surface area contributed by atoms with Gasteiger partial charge in [0, 0.05) is 30.4 Å². The second kappa shape index (κ2) is 9.25. The van der Waals surface area contributed by atoms with Crippen LogP contribution >= 0.6 is 0 Å². The number of hydrogen-bond acceptors (Lipinski definition) is 3. The fourth-order valence-electron chi connectivity index (χ4n) is 0. The molecule has 4 radical (unpaired) electrons.